The fourth-order valence-corrected chi connectivity index (χ4v) is 172. The minimum Gasteiger partial charge on any atom is -0.264 e. The number of nitrogens with zero attached hydrogens (tertiary/aromatic N) is 1. The highest BCUT2D eigenvalue weighted by atomic mass is 33.3. The van der Waals surface area contributed by atoms with E-state index in [0.717, 1.165) is 41.1 Å². The summed E-state index contributed by atoms with van der Waals surface area (Å²) in [5.74, 6) is 0.388. The molecule has 0 saturated carbocycles. The Morgan fingerprint density at radius 1 is 0.522 bits per heavy atom. The molecule has 0 amide bonds. The van der Waals surface area contributed by atoms with E-state index in [1.165, 1.54) is 178 Å². The van der Waals surface area contributed by atoms with Crippen LogP contribution in [0.15, 0.2) is 29.2 Å². The molecule has 23 heteroatoms. The third-order valence-electron chi connectivity index (χ3n) is 12.6. The van der Waals surface area contributed by atoms with E-state index in [-0.39, 0.29) is 41.9 Å². The quantitative estimate of drug-likeness (QED) is 0.0340. The Kier molecular flexibility index (Phi) is 36.1. The monoisotopic (exact) mass is 1310 g/mol. The van der Waals surface area contributed by atoms with Crippen molar-refractivity contribution in [2.24, 2.45) is 5.92 Å². The topological polar surface area (TPSA) is 37.4 Å². The van der Waals surface area contributed by atoms with Gasteiger partial charge in [0.05, 0.1) is 15.4 Å². The summed E-state index contributed by atoms with van der Waals surface area (Å²) < 4.78 is 33.5. The van der Waals surface area contributed by atoms with Crippen molar-refractivity contribution in [2.45, 2.75) is 200 Å². The molecule has 11 atom stereocenters. The molecule has 69 heavy (non-hydrogen) atoms. The van der Waals surface area contributed by atoms with E-state index in [1.54, 1.807) is 22.7 Å². The maximum atomic E-state index is 14.5. The van der Waals surface area contributed by atoms with Crippen LogP contribution in [0.1, 0.15) is 191 Å². The zero-order valence-corrected chi connectivity index (χ0v) is 61.8. The summed E-state index contributed by atoms with van der Waals surface area (Å²) in [5.41, 5.74) is 0.923. The average molecular weight is 1310 g/mol. The first kappa shape index (κ1) is 66.8. The molecule has 1 aliphatic rings. The van der Waals surface area contributed by atoms with Gasteiger partial charge in [-0.25, -0.2) is 8.42 Å². The van der Waals surface area contributed by atoms with Gasteiger partial charge >= 0.3 is 0 Å². The summed E-state index contributed by atoms with van der Waals surface area (Å²) in [7, 11) is 22.0. The second kappa shape index (κ2) is 37.3. The molecule has 0 fully saturated rings. The van der Waals surface area contributed by atoms with Gasteiger partial charge in [-0.15, -0.1) is 117 Å². The fourth-order valence-electron chi connectivity index (χ4n) is 8.97. The van der Waals surface area contributed by atoms with Crippen molar-refractivity contribution < 1.29 is 8.42 Å². The van der Waals surface area contributed by atoms with Crippen LogP contribution < -0.4 is 4.31 Å². The Balaban J connectivity index is 0.000000594. The van der Waals surface area contributed by atoms with Gasteiger partial charge in [0.2, 0.25) is 0 Å². The van der Waals surface area contributed by atoms with Gasteiger partial charge in [0, 0.05) is 35.5 Å². The summed E-state index contributed by atoms with van der Waals surface area (Å²) >= 11 is 7.13. The predicted octanol–water partition coefficient (Wildman–Crippen LogP) is 25.7. The molecule has 5 rings (SSSR count). The van der Waals surface area contributed by atoms with Crippen molar-refractivity contribution in [1.29, 1.82) is 0 Å². The number of rotatable bonds is 35. The number of hydrogen-bond donors (Lipinski definition) is 0. The highest BCUT2D eigenvalue weighted by Crippen LogP contribution is 3.22. The average Bonchev–Trinajstić information content (AvgIpc) is 4.10. The van der Waals surface area contributed by atoms with Gasteiger partial charge in [0.25, 0.3) is 10.0 Å². The number of unbranched alkanes of at least 4 members (excludes halogenated alkanes) is 22. The Morgan fingerprint density at radius 2 is 0.942 bits per heavy atom. The molecule has 1 aliphatic heterocycles. The number of fused-ring (bicyclic) bond motifs is 4. The lowest BCUT2D eigenvalue weighted by Gasteiger charge is -2.38. The molecule has 0 bridgehead atoms. The molecular weight excluding hydrogens is 1220 g/mol. The Morgan fingerprint density at radius 3 is 1.38 bits per heavy atom. The molecule has 0 saturated heterocycles. The maximum Gasteiger partial charge on any atom is 0.265 e. The zero-order valence-electron chi connectivity index (χ0n) is 42.1. The number of thiophene rings is 4. The molecule has 0 spiro atoms. The van der Waals surface area contributed by atoms with E-state index < -0.39 is 10.0 Å². The minimum absolute atomic E-state index is 0.0884. The van der Waals surface area contributed by atoms with Crippen molar-refractivity contribution in [2.75, 3.05) is 10.8 Å². The molecule has 0 N–H and O–H groups in total. The summed E-state index contributed by atoms with van der Waals surface area (Å²) in [5, 5.41) is 0. The van der Waals surface area contributed by atoms with Crippen molar-refractivity contribution in [1.82, 2.24) is 0 Å². The lowest BCUT2D eigenvalue weighted by atomic mass is 9.93. The highest BCUT2D eigenvalue weighted by molar-refractivity contribution is 9.28. The SMILES string of the molecule is CCCCCCCCCCCCCCC(CCCCCCCCCCCCCC)CN1c2cc(-c3cc4sc(C)cc4s3)sc2-c2sc(C)cc2S1(=O)=O.PPP(P)P(P(P)P)P(P(P)P)P(P)P. The first-order valence-corrected chi connectivity index (χ1v) is 56.7. The molecule has 394 valence electrons. The van der Waals surface area contributed by atoms with Gasteiger partial charge in [0.15, 0.2) is 0 Å². The van der Waals surface area contributed by atoms with Crippen LogP contribution >= 0.6 is 167 Å². The van der Waals surface area contributed by atoms with Gasteiger partial charge in [-0.2, -0.15) is 0 Å². The van der Waals surface area contributed by atoms with Crippen LogP contribution in [0.4, 0.5) is 5.69 Å². The fraction of sp³-hybridized carbons (Fsp3) is 0.696. The van der Waals surface area contributed by atoms with E-state index in [9.17, 15) is 8.42 Å². The molecule has 4 aromatic rings. The predicted molar refractivity (Wildman–Crippen MR) is 373 cm³/mol. The molecule has 0 radical (unpaired) electrons. The highest BCUT2D eigenvalue weighted by Gasteiger charge is 2.39. The Bertz CT molecular complexity index is 2060. The standard InChI is InChI=1S/C46H71NO2S5.H17P15/c1-5-7-9-11-13-15-17-19-21-23-25-27-29-38(30-28-26-24-22-20-18-16-14-12-10-8-6-2)35-47-39-33-41(43-34-42-40(52-43)31-36(3)50-42)53-45(39)46-44(54(47,48)49)32-37(4)51-46;1-9-13(8)15(12(6)7)14(10(2)3)11(4)5/h31-34,38H,5-30,35H2,1-4H3;9H,1-8H2. The van der Waals surface area contributed by atoms with E-state index in [4.69, 9.17) is 0 Å². The summed E-state index contributed by atoms with van der Waals surface area (Å²) in [4.78, 5) is 7.50. The third-order valence-corrected chi connectivity index (χ3v) is 108. The number of anilines is 1. The van der Waals surface area contributed by atoms with Gasteiger partial charge in [-0.05, 0) is 98.8 Å². The van der Waals surface area contributed by atoms with E-state index in [1.807, 2.05) is 33.0 Å². The second-order valence-corrected chi connectivity index (χ2v) is 80.9. The van der Waals surface area contributed by atoms with E-state index >= 15 is 0 Å². The lowest BCUT2D eigenvalue weighted by molar-refractivity contribution is 0.408. The molecule has 3 nitrogen and oxygen atoms in total. The summed E-state index contributed by atoms with van der Waals surface area (Å²) in [6, 6.07) is 8.75. The van der Waals surface area contributed by atoms with E-state index in [0.29, 0.717) is 17.4 Å². The Hall–Kier alpha value is 5.26. The molecular formula is C46H88NO2P15S5. The molecule has 0 aromatic carbocycles. The first-order chi connectivity index (χ1) is 33.1. The normalized spacial score (nSPS) is 14.6. The lowest BCUT2D eigenvalue weighted by Crippen LogP contribution is -2.37. The molecule has 5 heterocycles. The van der Waals surface area contributed by atoms with Gasteiger partial charge in [-0.1, -0.05) is 176 Å². The van der Waals surface area contributed by atoms with Gasteiger partial charge < -0.3 is 0 Å². The number of hydrogen-bond acceptors (Lipinski definition) is 6. The number of sulfonamides is 1. The van der Waals surface area contributed by atoms with Crippen molar-refractivity contribution in [3.8, 4) is 19.5 Å². The first-order valence-electron chi connectivity index (χ1n) is 25.4. The zero-order chi connectivity index (χ0) is 50.3. The van der Waals surface area contributed by atoms with Crippen LogP contribution in [0.25, 0.3) is 28.9 Å². The summed E-state index contributed by atoms with van der Waals surface area (Å²) in [6.07, 6.45) is 34.8. The van der Waals surface area contributed by atoms with Gasteiger partial charge in [-0.3, -0.25) is 4.31 Å². The van der Waals surface area contributed by atoms with Crippen LogP contribution in [0.5, 0.6) is 0 Å². The van der Waals surface area contributed by atoms with Crippen LogP contribution in [-0.2, 0) is 10.0 Å². The Labute approximate surface area is 465 Å². The van der Waals surface area contributed by atoms with Crippen molar-refractivity contribution in [3.63, 3.8) is 0 Å². The smallest absolute Gasteiger partial charge is 0.264 e. The van der Waals surface area contributed by atoms with Crippen LogP contribution in [-0.4, -0.2) is 15.0 Å². The van der Waals surface area contributed by atoms with E-state index in [2.05, 4.69) is 117 Å². The van der Waals surface area contributed by atoms with Crippen molar-refractivity contribution in [3.05, 3.63) is 34.0 Å². The second-order valence-electron chi connectivity index (χ2n) is 18.5. The van der Waals surface area contributed by atoms with Crippen LogP contribution in [0, 0.1) is 19.8 Å². The van der Waals surface area contributed by atoms with Crippen LogP contribution in [0.3, 0.4) is 0 Å². The summed E-state index contributed by atoms with van der Waals surface area (Å²) in [6.45, 7) is 10.3. The van der Waals surface area contributed by atoms with Crippen LogP contribution in [0.2, 0.25) is 0 Å². The van der Waals surface area contributed by atoms with Gasteiger partial charge in [0.1, 0.15) is 4.90 Å². The van der Waals surface area contributed by atoms with Crippen molar-refractivity contribution >= 4 is 192 Å². The molecule has 0 aliphatic carbocycles. The molecule has 4 aromatic heterocycles. The maximum absolute atomic E-state index is 14.5. The number of aryl methyl sites for hydroxylation is 2. The third kappa shape index (κ3) is 23.0. The minimum atomic E-state index is -3.61. The molecule has 11 unspecified atom stereocenters. The largest absolute Gasteiger partial charge is 0.265 e.